The number of hydrogen-bond donors (Lipinski definition) is 1. The molecule has 21 heavy (non-hydrogen) atoms. The van der Waals surface area contributed by atoms with Crippen molar-refractivity contribution in [3.05, 3.63) is 62.6 Å². The second kappa shape index (κ2) is 6.63. The number of halogens is 1. The minimum atomic E-state index is -0.521. The average Bonchev–Trinajstić information content (AvgIpc) is 2.42. The molecule has 0 aliphatic heterocycles. The van der Waals surface area contributed by atoms with Crippen LogP contribution in [0.4, 0.5) is 0 Å². The lowest BCUT2D eigenvalue weighted by Gasteiger charge is -2.17. The molecule has 112 valence electrons. The van der Waals surface area contributed by atoms with E-state index in [4.69, 9.17) is 4.74 Å². The molecular weight excluding hydrogens is 328 g/mol. The molecule has 0 spiro atoms. The molecule has 0 bridgehead atoms. The lowest BCUT2D eigenvalue weighted by molar-refractivity contribution is 0.178. The summed E-state index contributed by atoms with van der Waals surface area (Å²) < 4.78 is 6.08. The Morgan fingerprint density at radius 2 is 1.71 bits per heavy atom. The van der Waals surface area contributed by atoms with Crippen LogP contribution in [0.2, 0.25) is 0 Å². The fourth-order valence-corrected chi connectivity index (χ4v) is 3.29. The van der Waals surface area contributed by atoms with Crippen molar-refractivity contribution < 1.29 is 9.84 Å². The number of methoxy groups -OCH3 is 1. The number of ether oxygens (including phenoxy) is 1. The summed E-state index contributed by atoms with van der Waals surface area (Å²) >= 11 is 3.46. The van der Waals surface area contributed by atoms with Crippen LogP contribution < -0.4 is 4.74 Å². The van der Waals surface area contributed by atoms with E-state index in [1.54, 1.807) is 7.11 Å². The number of benzene rings is 2. The maximum absolute atomic E-state index is 10.5. The first-order valence-electron chi connectivity index (χ1n) is 7.00. The number of aryl methyl sites for hydroxylation is 3. The summed E-state index contributed by atoms with van der Waals surface area (Å²) in [5.74, 6) is 0.772. The first-order valence-corrected chi connectivity index (χ1v) is 7.80. The Bertz CT molecular complexity index is 627. The second-order valence-electron chi connectivity index (χ2n) is 5.49. The Hall–Kier alpha value is -1.32. The molecule has 0 aliphatic carbocycles. The summed E-state index contributed by atoms with van der Waals surface area (Å²) in [5.41, 5.74) is 5.84. The monoisotopic (exact) mass is 348 g/mol. The summed E-state index contributed by atoms with van der Waals surface area (Å²) in [6, 6.07) is 10.0. The van der Waals surface area contributed by atoms with Gasteiger partial charge < -0.3 is 9.84 Å². The predicted molar refractivity (Wildman–Crippen MR) is 90.0 cm³/mol. The Kier molecular flexibility index (Phi) is 5.07. The molecule has 0 radical (unpaired) electrons. The predicted octanol–water partition coefficient (Wildman–Crippen LogP) is 4.66. The Balaban J connectivity index is 2.26. The van der Waals surface area contributed by atoms with E-state index in [0.29, 0.717) is 6.42 Å². The zero-order valence-corrected chi connectivity index (χ0v) is 14.5. The first-order chi connectivity index (χ1) is 9.92. The van der Waals surface area contributed by atoms with Crippen molar-refractivity contribution in [2.75, 3.05) is 7.11 Å². The van der Waals surface area contributed by atoms with Gasteiger partial charge in [-0.15, -0.1) is 0 Å². The van der Waals surface area contributed by atoms with Crippen molar-refractivity contribution >= 4 is 15.9 Å². The van der Waals surface area contributed by atoms with Gasteiger partial charge in [0.05, 0.1) is 17.7 Å². The smallest absolute Gasteiger partial charge is 0.133 e. The quantitative estimate of drug-likeness (QED) is 0.870. The highest BCUT2D eigenvalue weighted by molar-refractivity contribution is 9.10. The number of aliphatic hydroxyl groups is 1. The van der Waals surface area contributed by atoms with E-state index in [2.05, 4.69) is 48.8 Å². The standard InChI is InChI=1S/C18H21BrO2/c1-11-7-12(2)15(13(3)8-11)10-17(20)14-5-6-18(21-4)16(19)9-14/h5-9,17,20H,10H2,1-4H3. The third-order valence-corrected chi connectivity index (χ3v) is 4.42. The van der Waals surface area contributed by atoms with Crippen molar-refractivity contribution in [3.63, 3.8) is 0 Å². The first kappa shape index (κ1) is 16.1. The van der Waals surface area contributed by atoms with Crippen LogP contribution in [0.25, 0.3) is 0 Å². The third kappa shape index (κ3) is 3.66. The topological polar surface area (TPSA) is 29.5 Å². The minimum Gasteiger partial charge on any atom is -0.496 e. The van der Waals surface area contributed by atoms with Gasteiger partial charge in [-0.3, -0.25) is 0 Å². The SMILES string of the molecule is COc1ccc(C(O)Cc2c(C)cc(C)cc2C)cc1Br. The highest BCUT2D eigenvalue weighted by Crippen LogP contribution is 2.30. The summed E-state index contributed by atoms with van der Waals surface area (Å²) in [6.07, 6.45) is 0.101. The van der Waals surface area contributed by atoms with Crippen molar-refractivity contribution in [1.82, 2.24) is 0 Å². The maximum Gasteiger partial charge on any atom is 0.133 e. The van der Waals surface area contributed by atoms with Crippen LogP contribution in [0.15, 0.2) is 34.8 Å². The van der Waals surface area contributed by atoms with Crippen LogP contribution in [0.1, 0.15) is 33.9 Å². The lowest BCUT2D eigenvalue weighted by atomic mass is 9.93. The molecule has 1 unspecified atom stereocenters. The zero-order chi connectivity index (χ0) is 15.6. The average molecular weight is 349 g/mol. The molecule has 0 aromatic heterocycles. The van der Waals surface area contributed by atoms with Gasteiger partial charge in [-0.05, 0) is 71.1 Å². The molecule has 2 rings (SSSR count). The fraction of sp³-hybridized carbons (Fsp3) is 0.333. The molecule has 0 heterocycles. The van der Waals surface area contributed by atoms with Gasteiger partial charge in [-0.2, -0.15) is 0 Å². The van der Waals surface area contributed by atoms with Crippen molar-refractivity contribution in [2.45, 2.75) is 33.3 Å². The molecule has 2 aromatic rings. The van der Waals surface area contributed by atoms with E-state index in [1.807, 2.05) is 18.2 Å². The van der Waals surface area contributed by atoms with Gasteiger partial charge in [0.2, 0.25) is 0 Å². The third-order valence-electron chi connectivity index (χ3n) is 3.80. The van der Waals surface area contributed by atoms with E-state index in [0.717, 1.165) is 15.8 Å². The number of rotatable bonds is 4. The second-order valence-corrected chi connectivity index (χ2v) is 6.35. The Morgan fingerprint density at radius 3 is 2.24 bits per heavy atom. The van der Waals surface area contributed by atoms with Gasteiger partial charge in [-0.25, -0.2) is 0 Å². The van der Waals surface area contributed by atoms with Crippen LogP contribution in [0.5, 0.6) is 5.75 Å². The number of aliphatic hydroxyl groups excluding tert-OH is 1. The van der Waals surface area contributed by atoms with Crippen LogP contribution in [0, 0.1) is 20.8 Å². The van der Waals surface area contributed by atoms with Gasteiger partial charge in [0, 0.05) is 6.42 Å². The van der Waals surface area contributed by atoms with E-state index in [-0.39, 0.29) is 0 Å². The molecule has 0 amide bonds. The van der Waals surface area contributed by atoms with Gasteiger partial charge in [-0.1, -0.05) is 23.8 Å². The molecule has 0 fully saturated rings. The van der Waals surface area contributed by atoms with Crippen molar-refractivity contribution in [2.24, 2.45) is 0 Å². The van der Waals surface area contributed by atoms with E-state index >= 15 is 0 Å². The van der Waals surface area contributed by atoms with Crippen molar-refractivity contribution in [1.29, 1.82) is 0 Å². The highest BCUT2D eigenvalue weighted by atomic mass is 79.9. The van der Waals surface area contributed by atoms with Crippen LogP contribution in [-0.2, 0) is 6.42 Å². The lowest BCUT2D eigenvalue weighted by Crippen LogP contribution is -2.05. The summed E-state index contributed by atoms with van der Waals surface area (Å²) in [4.78, 5) is 0. The summed E-state index contributed by atoms with van der Waals surface area (Å²) in [6.45, 7) is 6.30. The van der Waals surface area contributed by atoms with Crippen LogP contribution in [0.3, 0.4) is 0 Å². The molecular formula is C18H21BrO2. The summed E-state index contributed by atoms with van der Waals surface area (Å²) in [5, 5.41) is 10.5. The normalized spacial score (nSPS) is 12.3. The van der Waals surface area contributed by atoms with Crippen molar-refractivity contribution in [3.8, 4) is 5.75 Å². The molecule has 1 atom stereocenters. The van der Waals surface area contributed by atoms with Gasteiger partial charge in [0.25, 0.3) is 0 Å². The minimum absolute atomic E-state index is 0.521. The fourth-order valence-electron chi connectivity index (χ4n) is 2.73. The maximum atomic E-state index is 10.5. The molecule has 2 aromatic carbocycles. The molecule has 0 saturated carbocycles. The van der Waals surface area contributed by atoms with Crippen LogP contribution >= 0.6 is 15.9 Å². The molecule has 2 nitrogen and oxygen atoms in total. The van der Waals surface area contributed by atoms with Crippen LogP contribution in [-0.4, -0.2) is 12.2 Å². The summed E-state index contributed by atoms with van der Waals surface area (Å²) in [7, 11) is 1.63. The van der Waals surface area contributed by atoms with Gasteiger partial charge >= 0.3 is 0 Å². The molecule has 3 heteroatoms. The zero-order valence-electron chi connectivity index (χ0n) is 12.9. The van der Waals surface area contributed by atoms with Gasteiger partial charge in [0.1, 0.15) is 5.75 Å². The molecule has 0 saturated heterocycles. The molecule has 1 N–H and O–H groups in total. The largest absolute Gasteiger partial charge is 0.496 e. The molecule has 0 aliphatic rings. The van der Waals surface area contributed by atoms with E-state index in [9.17, 15) is 5.11 Å². The Morgan fingerprint density at radius 1 is 1.10 bits per heavy atom. The number of hydrogen-bond acceptors (Lipinski definition) is 2. The van der Waals surface area contributed by atoms with Gasteiger partial charge in [0.15, 0.2) is 0 Å². The Labute approximate surface area is 134 Å². The highest BCUT2D eigenvalue weighted by Gasteiger charge is 2.14. The van der Waals surface area contributed by atoms with E-state index < -0.39 is 6.10 Å². The van der Waals surface area contributed by atoms with E-state index in [1.165, 1.54) is 22.3 Å².